The van der Waals surface area contributed by atoms with E-state index in [1.165, 1.54) is 11.8 Å². The normalized spacial score (nSPS) is 13.8. The number of oxime groups is 1. The first-order valence-corrected chi connectivity index (χ1v) is 5.30. The van der Waals surface area contributed by atoms with Gasteiger partial charge >= 0.3 is 0 Å². The van der Waals surface area contributed by atoms with Gasteiger partial charge in [0.25, 0.3) is 0 Å². The second-order valence-corrected chi connectivity index (χ2v) is 3.35. The average Bonchev–Trinajstić information content (AvgIpc) is 2.13. The van der Waals surface area contributed by atoms with E-state index in [-0.39, 0.29) is 17.8 Å². The van der Waals surface area contributed by atoms with Gasteiger partial charge < -0.3 is 16.3 Å². The minimum Gasteiger partial charge on any atom is -0.409 e. The summed E-state index contributed by atoms with van der Waals surface area (Å²) in [5.74, 6) is 0.317. The third-order valence-corrected chi connectivity index (χ3v) is 2.04. The third kappa shape index (κ3) is 4.62. The third-order valence-electron chi connectivity index (χ3n) is 1.49. The number of rotatable bonds is 5. The van der Waals surface area contributed by atoms with Crippen LogP contribution in [-0.2, 0) is 4.79 Å². The molecular formula is C7H15N3O2S. The van der Waals surface area contributed by atoms with Crippen molar-refractivity contribution in [1.82, 2.24) is 5.32 Å². The maximum Gasteiger partial charge on any atom is 0.230 e. The maximum absolute atomic E-state index is 11.1. The molecule has 0 bridgehead atoms. The standard InChI is InChI=1S/C7H15N3O2S/c1-3-5(7(8)10-12)9-6(11)4-13-2/h5,12H,3-4H2,1-2H3,(H2,8,10)(H,9,11). The van der Waals surface area contributed by atoms with E-state index in [1.807, 2.05) is 13.2 Å². The summed E-state index contributed by atoms with van der Waals surface area (Å²) in [5, 5.41) is 13.9. The molecule has 0 aromatic rings. The van der Waals surface area contributed by atoms with Gasteiger partial charge in [0.15, 0.2) is 5.84 Å². The van der Waals surface area contributed by atoms with Crippen molar-refractivity contribution in [2.45, 2.75) is 19.4 Å². The molecule has 0 aliphatic rings. The van der Waals surface area contributed by atoms with Crippen molar-refractivity contribution in [1.29, 1.82) is 0 Å². The Morgan fingerprint density at radius 1 is 1.77 bits per heavy atom. The minimum atomic E-state index is -0.371. The molecule has 0 aliphatic heterocycles. The summed E-state index contributed by atoms with van der Waals surface area (Å²) in [5.41, 5.74) is 5.35. The summed E-state index contributed by atoms with van der Waals surface area (Å²) in [6.07, 6.45) is 2.44. The van der Waals surface area contributed by atoms with Crippen LogP contribution in [0.1, 0.15) is 13.3 Å². The van der Waals surface area contributed by atoms with Crippen LogP contribution in [0.3, 0.4) is 0 Å². The van der Waals surface area contributed by atoms with E-state index in [0.29, 0.717) is 12.2 Å². The highest BCUT2D eigenvalue weighted by atomic mass is 32.2. The SMILES string of the molecule is CCC(NC(=O)CSC)C(N)=NO. The van der Waals surface area contributed by atoms with Gasteiger partial charge in [-0.3, -0.25) is 4.79 Å². The van der Waals surface area contributed by atoms with Crippen molar-refractivity contribution in [3.63, 3.8) is 0 Å². The molecule has 13 heavy (non-hydrogen) atoms. The lowest BCUT2D eigenvalue weighted by molar-refractivity contribution is -0.118. The Hall–Kier alpha value is -0.910. The van der Waals surface area contributed by atoms with Crippen LogP contribution in [0, 0.1) is 0 Å². The summed E-state index contributed by atoms with van der Waals surface area (Å²) in [7, 11) is 0. The van der Waals surface area contributed by atoms with Gasteiger partial charge in [-0.15, -0.1) is 0 Å². The number of carbonyl (C=O) groups excluding carboxylic acids is 1. The Bertz CT molecular complexity index is 196. The van der Waals surface area contributed by atoms with Gasteiger partial charge in [0, 0.05) is 0 Å². The molecule has 0 rings (SSSR count). The predicted octanol–water partition coefficient (Wildman–Crippen LogP) is -0.00940. The molecule has 1 amide bonds. The Balaban J connectivity index is 4.05. The topological polar surface area (TPSA) is 87.7 Å². The van der Waals surface area contributed by atoms with Gasteiger partial charge in [-0.25, -0.2) is 0 Å². The van der Waals surface area contributed by atoms with Crippen LogP contribution in [0.25, 0.3) is 0 Å². The van der Waals surface area contributed by atoms with Crippen molar-refractivity contribution in [2.24, 2.45) is 10.9 Å². The molecule has 1 atom stereocenters. The molecule has 5 nitrogen and oxygen atoms in total. The zero-order chi connectivity index (χ0) is 10.3. The van der Waals surface area contributed by atoms with E-state index < -0.39 is 0 Å². The first kappa shape index (κ1) is 12.1. The maximum atomic E-state index is 11.1. The van der Waals surface area contributed by atoms with Crippen molar-refractivity contribution in [3.05, 3.63) is 0 Å². The molecule has 0 aromatic heterocycles. The van der Waals surface area contributed by atoms with Gasteiger partial charge in [0.2, 0.25) is 5.91 Å². The number of hydrogen-bond acceptors (Lipinski definition) is 4. The number of amides is 1. The van der Waals surface area contributed by atoms with Crippen LogP contribution in [0.5, 0.6) is 0 Å². The highest BCUT2D eigenvalue weighted by Crippen LogP contribution is 1.94. The Labute approximate surface area is 81.7 Å². The smallest absolute Gasteiger partial charge is 0.230 e. The van der Waals surface area contributed by atoms with Gasteiger partial charge in [-0.1, -0.05) is 12.1 Å². The average molecular weight is 205 g/mol. The first-order valence-electron chi connectivity index (χ1n) is 3.91. The number of carbonyl (C=O) groups is 1. The molecule has 76 valence electrons. The van der Waals surface area contributed by atoms with Crippen LogP contribution in [0.15, 0.2) is 5.16 Å². The number of amidine groups is 1. The molecule has 0 radical (unpaired) electrons. The zero-order valence-corrected chi connectivity index (χ0v) is 8.60. The van der Waals surface area contributed by atoms with E-state index in [0.717, 1.165) is 0 Å². The lowest BCUT2D eigenvalue weighted by Gasteiger charge is -2.14. The molecule has 0 fully saturated rings. The van der Waals surface area contributed by atoms with E-state index >= 15 is 0 Å². The highest BCUT2D eigenvalue weighted by molar-refractivity contribution is 7.99. The van der Waals surface area contributed by atoms with Crippen molar-refractivity contribution >= 4 is 23.5 Å². The molecule has 6 heteroatoms. The van der Waals surface area contributed by atoms with Crippen molar-refractivity contribution < 1.29 is 10.0 Å². The largest absolute Gasteiger partial charge is 0.409 e. The van der Waals surface area contributed by atoms with Crippen LogP contribution in [-0.4, -0.2) is 35.0 Å². The van der Waals surface area contributed by atoms with Crippen molar-refractivity contribution in [2.75, 3.05) is 12.0 Å². The van der Waals surface area contributed by atoms with Gasteiger partial charge in [0.1, 0.15) is 0 Å². The first-order chi connectivity index (χ1) is 6.15. The molecule has 4 N–H and O–H groups in total. The molecule has 0 aromatic carbocycles. The second-order valence-electron chi connectivity index (χ2n) is 2.49. The van der Waals surface area contributed by atoms with Gasteiger partial charge in [-0.05, 0) is 12.7 Å². The summed E-state index contributed by atoms with van der Waals surface area (Å²) in [4.78, 5) is 11.1. The Morgan fingerprint density at radius 3 is 2.77 bits per heavy atom. The fourth-order valence-corrected chi connectivity index (χ4v) is 1.17. The summed E-state index contributed by atoms with van der Waals surface area (Å²) in [6.45, 7) is 1.85. The fraction of sp³-hybridized carbons (Fsp3) is 0.714. The van der Waals surface area contributed by atoms with E-state index in [4.69, 9.17) is 10.9 Å². The van der Waals surface area contributed by atoms with Crippen LogP contribution in [0.2, 0.25) is 0 Å². The molecule has 0 aliphatic carbocycles. The van der Waals surface area contributed by atoms with Crippen molar-refractivity contribution in [3.8, 4) is 0 Å². The Kier molecular flexibility index (Phi) is 6.13. The molecule has 0 saturated heterocycles. The van der Waals surface area contributed by atoms with E-state index in [9.17, 15) is 4.79 Å². The number of thioether (sulfide) groups is 1. The van der Waals surface area contributed by atoms with Crippen LogP contribution in [0.4, 0.5) is 0 Å². The molecule has 0 heterocycles. The minimum absolute atomic E-state index is 0.0388. The molecule has 0 spiro atoms. The van der Waals surface area contributed by atoms with E-state index in [2.05, 4.69) is 10.5 Å². The zero-order valence-electron chi connectivity index (χ0n) is 7.78. The predicted molar refractivity (Wildman–Crippen MR) is 54.0 cm³/mol. The molecule has 1 unspecified atom stereocenters. The quantitative estimate of drug-likeness (QED) is 0.255. The second kappa shape index (κ2) is 6.59. The number of nitrogens with two attached hydrogens (primary N) is 1. The molecule has 0 saturated carbocycles. The number of hydrogen-bond donors (Lipinski definition) is 3. The van der Waals surface area contributed by atoms with Crippen LogP contribution >= 0.6 is 11.8 Å². The molecular weight excluding hydrogens is 190 g/mol. The van der Waals surface area contributed by atoms with Gasteiger partial charge in [-0.2, -0.15) is 11.8 Å². The lowest BCUT2D eigenvalue weighted by atomic mass is 10.2. The highest BCUT2D eigenvalue weighted by Gasteiger charge is 2.13. The van der Waals surface area contributed by atoms with Gasteiger partial charge in [0.05, 0.1) is 11.8 Å². The summed E-state index contributed by atoms with van der Waals surface area (Å²) < 4.78 is 0. The summed E-state index contributed by atoms with van der Waals surface area (Å²) >= 11 is 1.43. The lowest BCUT2D eigenvalue weighted by Crippen LogP contribution is -2.44. The monoisotopic (exact) mass is 205 g/mol. The summed E-state index contributed by atoms with van der Waals surface area (Å²) in [6, 6.07) is -0.371. The van der Waals surface area contributed by atoms with Crippen LogP contribution < -0.4 is 11.1 Å². The Morgan fingerprint density at radius 2 is 2.38 bits per heavy atom. The fourth-order valence-electron chi connectivity index (χ4n) is 0.822. The van der Waals surface area contributed by atoms with E-state index in [1.54, 1.807) is 0 Å². The number of nitrogens with one attached hydrogen (secondary N) is 1. The number of nitrogens with zero attached hydrogens (tertiary/aromatic N) is 1.